The molecule has 1 aromatic heterocycles. The molecular weight excluding hydrogens is 260 g/mol. The average Bonchev–Trinajstić information content (AvgIpc) is 2.46. The molecule has 1 aromatic carbocycles. The fourth-order valence-electron chi connectivity index (χ4n) is 2.25. The van der Waals surface area contributed by atoms with Crippen LogP contribution in [0.2, 0.25) is 0 Å². The number of amides is 1. The van der Waals surface area contributed by atoms with Crippen molar-refractivity contribution >= 4 is 28.6 Å². The quantitative estimate of drug-likeness (QED) is 0.814. The molecule has 7 heteroatoms. The molecule has 102 valence electrons. The third-order valence-electron chi connectivity index (χ3n) is 3.20. The van der Waals surface area contributed by atoms with Crippen molar-refractivity contribution < 1.29 is 14.7 Å². The Morgan fingerprint density at radius 3 is 2.95 bits per heavy atom. The molecule has 0 radical (unpaired) electrons. The Hall–Kier alpha value is -2.70. The van der Waals surface area contributed by atoms with Gasteiger partial charge in [0, 0.05) is 18.5 Å². The summed E-state index contributed by atoms with van der Waals surface area (Å²) in [6.07, 6.45) is 1.38. The summed E-state index contributed by atoms with van der Waals surface area (Å²) in [5, 5.41) is 12.5. The van der Waals surface area contributed by atoms with Gasteiger partial charge in [0.2, 0.25) is 5.91 Å². The molecule has 1 saturated heterocycles. The van der Waals surface area contributed by atoms with Crippen molar-refractivity contribution in [2.45, 2.75) is 0 Å². The molecular formula is C13H12N4O3. The highest BCUT2D eigenvalue weighted by atomic mass is 16.4. The van der Waals surface area contributed by atoms with Gasteiger partial charge in [0.05, 0.1) is 17.6 Å². The van der Waals surface area contributed by atoms with Gasteiger partial charge in [-0.05, 0) is 18.2 Å². The first kappa shape index (κ1) is 12.3. The van der Waals surface area contributed by atoms with Crippen LogP contribution in [0.5, 0.6) is 0 Å². The highest BCUT2D eigenvalue weighted by Gasteiger charge is 2.20. The molecule has 7 nitrogen and oxygen atoms in total. The predicted molar refractivity (Wildman–Crippen MR) is 71.7 cm³/mol. The molecule has 0 bridgehead atoms. The smallest absolute Gasteiger partial charge is 0.335 e. The van der Waals surface area contributed by atoms with Crippen LogP contribution in [0.1, 0.15) is 10.4 Å². The summed E-state index contributed by atoms with van der Waals surface area (Å²) in [6.45, 7) is 1.48. The normalized spacial score (nSPS) is 15.2. The number of carbonyl (C=O) groups is 2. The molecule has 1 amide bonds. The Kier molecular flexibility index (Phi) is 2.94. The maximum atomic E-state index is 11.5. The van der Waals surface area contributed by atoms with E-state index in [1.807, 2.05) is 4.90 Å². The van der Waals surface area contributed by atoms with Crippen molar-refractivity contribution in [2.24, 2.45) is 0 Å². The molecule has 1 fully saturated rings. The standard InChI is InChI=1S/C13H12N4O3/c18-11-6-17(4-3-14-11)12-9-2-1-8(13(19)20)5-10(9)15-7-16-12/h1-2,5,7H,3-4,6H2,(H,14,18)(H,19,20). The van der Waals surface area contributed by atoms with Crippen LogP contribution in [-0.2, 0) is 4.79 Å². The Bertz CT molecular complexity index is 701. The van der Waals surface area contributed by atoms with Crippen LogP contribution in [-0.4, -0.2) is 46.6 Å². The van der Waals surface area contributed by atoms with Gasteiger partial charge in [-0.1, -0.05) is 0 Å². The van der Waals surface area contributed by atoms with Gasteiger partial charge >= 0.3 is 5.97 Å². The molecule has 2 aromatic rings. The molecule has 0 spiro atoms. The molecule has 2 heterocycles. The van der Waals surface area contributed by atoms with Crippen LogP contribution in [0.15, 0.2) is 24.5 Å². The molecule has 2 N–H and O–H groups in total. The van der Waals surface area contributed by atoms with Crippen molar-refractivity contribution in [1.29, 1.82) is 0 Å². The molecule has 0 saturated carbocycles. The van der Waals surface area contributed by atoms with Crippen LogP contribution in [0, 0.1) is 0 Å². The van der Waals surface area contributed by atoms with E-state index in [0.717, 1.165) is 5.39 Å². The maximum absolute atomic E-state index is 11.5. The van der Waals surface area contributed by atoms with E-state index in [0.29, 0.717) is 24.4 Å². The summed E-state index contributed by atoms with van der Waals surface area (Å²) in [7, 11) is 0. The van der Waals surface area contributed by atoms with Gasteiger partial charge in [0.25, 0.3) is 0 Å². The zero-order valence-electron chi connectivity index (χ0n) is 10.5. The van der Waals surface area contributed by atoms with E-state index in [1.165, 1.54) is 18.5 Å². The minimum atomic E-state index is -0.996. The Morgan fingerprint density at radius 1 is 1.35 bits per heavy atom. The Balaban J connectivity index is 2.07. The van der Waals surface area contributed by atoms with Crippen LogP contribution in [0.25, 0.3) is 10.9 Å². The third kappa shape index (κ3) is 2.13. The first-order chi connectivity index (χ1) is 9.65. The van der Waals surface area contributed by atoms with Gasteiger partial charge in [0.1, 0.15) is 12.1 Å². The largest absolute Gasteiger partial charge is 0.478 e. The van der Waals surface area contributed by atoms with E-state index in [1.54, 1.807) is 6.07 Å². The number of benzene rings is 1. The summed E-state index contributed by atoms with van der Waals surface area (Å²) in [6, 6.07) is 4.70. The van der Waals surface area contributed by atoms with Crippen molar-refractivity contribution in [3.8, 4) is 0 Å². The lowest BCUT2D eigenvalue weighted by molar-refractivity contribution is -0.120. The number of fused-ring (bicyclic) bond motifs is 1. The average molecular weight is 272 g/mol. The van der Waals surface area contributed by atoms with Gasteiger partial charge in [-0.25, -0.2) is 14.8 Å². The molecule has 1 aliphatic rings. The number of rotatable bonds is 2. The second-order valence-electron chi connectivity index (χ2n) is 4.51. The topological polar surface area (TPSA) is 95.4 Å². The van der Waals surface area contributed by atoms with Gasteiger partial charge in [-0.3, -0.25) is 4.79 Å². The fourth-order valence-corrected chi connectivity index (χ4v) is 2.25. The number of hydrogen-bond donors (Lipinski definition) is 2. The van der Waals surface area contributed by atoms with E-state index in [9.17, 15) is 9.59 Å². The number of anilines is 1. The number of aromatic nitrogens is 2. The van der Waals surface area contributed by atoms with E-state index >= 15 is 0 Å². The first-order valence-electron chi connectivity index (χ1n) is 6.15. The number of carboxylic acid groups (broad SMARTS) is 1. The molecule has 0 unspecified atom stereocenters. The Labute approximate surface area is 114 Å². The lowest BCUT2D eigenvalue weighted by Crippen LogP contribution is -2.48. The molecule has 1 aliphatic heterocycles. The van der Waals surface area contributed by atoms with Crippen molar-refractivity contribution in [3.63, 3.8) is 0 Å². The minimum absolute atomic E-state index is 0.0508. The summed E-state index contributed by atoms with van der Waals surface area (Å²) >= 11 is 0. The number of nitrogens with one attached hydrogen (secondary N) is 1. The van der Waals surface area contributed by atoms with Crippen LogP contribution >= 0.6 is 0 Å². The van der Waals surface area contributed by atoms with E-state index < -0.39 is 5.97 Å². The van der Waals surface area contributed by atoms with Gasteiger partial charge in [-0.2, -0.15) is 0 Å². The molecule has 0 atom stereocenters. The summed E-state index contributed by atoms with van der Waals surface area (Å²) in [4.78, 5) is 32.6. The zero-order chi connectivity index (χ0) is 14.1. The SMILES string of the molecule is O=C1CN(c2ncnc3cc(C(=O)O)ccc23)CCN1. The van der Waals surface area contributed by atoms with Crippen molar-refractivity contribution in [3.05, 3.63) is 30.1 Å². The second kappa shape index (κ2) is 4.76. The van der Waals surface area contributed by atoms with Crippen LogP contribution in [0.3, 0.4) is 0 Å². The van der Waals surface area contributed by atoms with Gasteiger partial charge in [0.15, 0.2) is 0 Å². The van der Waals surface area contributed by atoms with E-state index in [4.69, 9.17) is 5.11 Å². The molecule has 0 aliphatic carbocycles. The molecule has 3 rings (SSSR count). The van der Waals surface area contributed by atoms with Gasteiger partial charge < -0.3 is 15.3 Å². The number of aromatic carboxylic acids is 1. The summed E-state index contributed by atoms with van der Waals surface area (Å²) in [5.41, 5.74) is 0.736. The minimum Gasteiger partial charge on any atom is -0.478 e. The number of carbonyl (C=O) groups excluding carboxylic acids is 1. The number of hydrogen-bond acceptors (Lipinski definition) is 5. The number of piperazine rings is 1. The highest BCUT2D eigenvalue weighted by molar-refractivity contribution is 5.97. The summed E-state index contributed by atoms with van der Waals surface area (Å²) < 4.78 is 0. The second-order valence-corrected chi connectivity index (χ2v) is 4.51. The monoisotopic (exact) mass is 272 g/mol. The first-order valence-corrected chi connectivity index (χ1v) is 6.15. The molecule has 20 heavy (non-hydrogen) atoms. The third-order valence-corrected chi connectivity index (χ3v) is 3.20. The van der Waals surface area contributed by atoms with Crippen molar-refractivity contribution in [2.75, 3.05) is 24.5 Å². The van der Waals surface area contributed by atoms with E-state index in [-0.39, 0.29) is 18.0 Å². The summed E-state index contributed by atoms with van der Waals surface area (Å²) in [5.74, 6) is -0.392. The van der Waals surface area contributed by atoms with Crippen LogP contribution in [0.4, 0.5) is 5.82 Å². The number of carboxylic acids is 1. The Morgan fingerprint density at radius 2 is 2.20 bits per heavy atom. The van der Waals surface area contributed by atoms with Crippen LogP contribution < -0.4 is 10.2 Å². The van der Waals surface area contributed by atoms with E-state index in [2.05, 4.69) is 15.3 Å². The lowest BCUT2D eigenvalue weighted by atomic mass is 10.1. The van der Waals surface area contributed by atoms with Gasteiger partial charge in [-0.15, -0.1) is 0 Å². The van der Waals surface area contributed by atoms with Crippen molar-refractivity contribution in [1.82, 2.24) is 15.3 Å². The lowest BCUT2D eigenvalue weighted by Gasteiger charge is -2.28. The fraction of sp³-hybridized carbons (Fsp3) is 0.231. The maximum Gasteiger partial charge on any atom is 0.335 e. The predicted octanol–water partition coefficient (Wildman–Crippen LogP) is 0.264. The zero-order valence-corrected chi connectivity index (χ0v) is 10.5. The highest BCUT2D eigenvalue weighted by Crippen LogP contribution is 2.24. The number of nitrogens with zero attached hydrogens (tertiary/aromatic N) is 3.